The lowest BCUT2D eigenvalue weighted by Crippen LogP contribution is -2.30. The first-order chi connectivity index (χ1) is 8.69. The molecule has 0 amide bonds. The van der Waals surface area contributed by atoms with Crippen LogP contribution in [0.25, 0.3) is 0 Å². The van der Waals surface area contributed by atoms with Gasteiger partial charge in [-0.2, -0.15) is 0 Å². The Balaban J connectivity index is 1.92. The molecule has 1 fully saturated rings. The molecule has 1 aliphatic carbocycles. The molecular weight excluding hydrogens is 228 g/mol. The van der Waals surface area contributed by atoms with Crippen LogP contribution in [0.4, 0.5) is 0 Å². The van der Waals surface area contributed by atoms with Gasteiger partial charge < -0.3 is 14.9 Å². The van der Waals surface area contributed by atoms with Crippen molar-refractivity contribution in [2.45, 2.75) is 57.2 Å². The highest BCUT2D eigenvalue weighted by atomic mass is 16.5. The van der Waals surface area contributed by atoms with Crippen molar-refractivity contribution in [3.8, 4) is 11.5 Å². The third-order valence-corrected chi connectivity index (χ3v) is 4.17. The molecule has 1 saturated carbocycles. The van der Waals surface area contributed by atoms with E-state index in [9.17, 15) is 10.2 Å². The summed E-state index contributed by atoms with van der Waals surface area (Å²) in [5, 5.41) is 19.7. The maximum atomic E-state index is 10.0. The zero-order chi connectivity index (χ0) is 12.7. The van der Waals surface area contributed by atoms with E-state index in [1.54, 1.807) is 0 Å². The van der Waals surface area contributed by atoms with Crippen LogP contribution in [0.3, 0.4) is 0 Å². The largest absolute Gasteiger partial charge is 0.508 e. The molecule has 0 aromatic heterocycles. The average molecular weight is 248 g/mol. The Hall–Kier alpha value is -1.22. The van der Waals surface area contributed by atoms with Gasteiger partial charge in [-0.1, -0.05) is 13.3 Å². The van der Waals surface area contributed by atoms with Gasteiger partial charge in [-0.25, -0.2) is 0 Å². The van der Waals surface area contributed by atoms with Crippen LogP contribution in [0, 0.1) is 0 Å². The minimum Gasteiger partial charge on any atom is -0.508 e. The molecule has 3 atom stereocenters. The Kier molecular flexibility index (Phi) is 2.94. The molecule has 0 saturated heterocycles. The second-order valence-electron chi connectivity index (χ2n) is 5.50. The SMILES string of the molecule is CCCc1cc2c(cc1O)[C@@H]1CC[C@H](O)C[C@@H]1O2. The Morgan fingerprint density at radius 1 is 1.33 bits per heavy atom. The first-order valence-electron chi connectivity index (χ1n) is 6.89. The normalized spacial score (nSPS) is 29.6. The number of hydrogen-bond acceptors (Lipinski definition) is 3. The van der Waals surface area contributed by atoms with Crippen molar-refractivity contribution < 1.29 is 14.9 Å². The maximum Gasteiger partial charge on any atom is 0.123 e. The lowest BCUT2D eigenvalue weighted by atomic mass is 9.81. The standard InChI is InChI=1S/C15H20O3/c1-2-3-9-6-14-12(8-13(9)17)11-5-4-10(16)7-15(11)18-14/h6,8,10-11,15-17H,2-5,7H2,1H3/t10-,11-,15-/m0/s1. The monoisotopic (exact) mass is 248 g/mol. The van der Waals surface area contributed by atoms with Gasteiger partial charge in [0.15, 0.2) is 0 Å². The minimum atomic E-state index is -0.232. The molecule has 98 valence electrons. The summed E-state index contributed by atoms with van der Waals surface area (Å²) in [5.74, 6) is 1.66. The molecule has 1 aromatic carbocycles. The first kappa shape index (κ1) is 11.8. The summed E-state index contributed by atoms with van der Waals surface area (Å²) in [6, 6.07) is 3.86. The van der Waals surface area contributed by atoms with Crippen molar-refractivity contribution in [2.24, 2.45) is 0 Å². The molecule has 1 aromatic rings. The number of aliphatic hydroxyl groups is 1. The Bertz CT molecular complexity index is 455. The molecule has 0 bridgehead atoms. The van der Waals surface area contributed by atoms with E-state index >= 15 is 0 Å². The second-order valence-corrected chi connectivity index (χ2v) is 5.50. The number of ether oxygens (including phenoxy) is 1. The second kappa shape index (κ2) is 4.47. The maximum absolute atomic E-state index is 10.0. The molecule has 0 unspecified atom stereocenters. The number of aliphatic hydroxyl groups excluding tert-OH is 1. The van der Waals surface area contributed by atoms with Crippen LogP contribution in [0.5, 0.6) is 11.5 Å². The quantitative estimate of drug-likeness (QED) is 0.846. The van der Waals surface area contributed by atoms with Gasteiger partial charge in [0.25, 0.3) is 0 Å². The van der Waals surface area contributed by atoms with Gasteiger partial charge in [0, 0.05) is 17.9 Å². The predicted octanol–water partition coefficient (Wildman–Crippen LogP) is 2.73. The van der Waals surface area contributed by atoms with E-state index in [0.717, 1.165) is 42.6 Å². The summed E-state index contributed by atoms with van der Waals surface area (Å²) < 4.78 is 5.95. The molecule has 2 aliphatic rings. The fraction of sp³-hybridized carbons (Fsp3) is 0.600. The third kappa shape index (κ3) is 1.87. The van der Waals surface area contributed by atoms with E-state index in [1.165, 1.54) is 0 Å². The molecular formula is C15H20O3. The van der Waals surface area contributed by atoms with Gasteiger partial charge in [0.2, 0.25) is 0 Å². The summed E-state index contributed by atoms with van der Waals surface area (Å²) in [7, 11) is 0. The number of benzene rings is 1. The summed E-state index contributed by atoms with van der Waals surface area (Å²) in [6.45, 7) is 2.10. The summed E-state index contributed by atoms with van der Waals surface area (Å²) >= 11 is 0. The number of phenols is 1. The topological polar surface area (TPSA) is 49.7 Å². The average Bonchev–Trinajstić information content (AvgIpc) is 2.66. The molecule has 1 heterocycles. The van der Waals surface area contributed by atoms with Crippen LogP contribution in [0.2, 0.25) is 0 Å². The highest BCUT2D eigenvalue weighted by Crippen LogP contribution is 2.47. The number of hydrogen-bond donors (Lipinski definition) is 2. The van der Waals surface area contributed by atoms with E-state index in [-0.39, 0.29) is 12.2 Å². The van der Waals surface area contributed by atoms with Crippen molar-refractivity contribution in [1.29, 1.82) is 0 Å². The van der Waals surface area contributed by atoms with E-state index in [0.29, 0.717) is 18.1 Å². The van der Waals surface area contributed by atoms with Crippen LogP contribution >= 0.6 is 0 Å². The number of aromatic hydroxyl groups is 1. The van der Waals surface area contributed by atoms with Crippen molar-refractivity contribution in [2.75, 3.05) is 0 Å². The van der Waals surface area contributed by atoms with Crippen LogP contribution in [-0.2, 0) is 6.42 Å². The molecule has 0 radical (unpaired) electrons. The smallest absolute Gasteiger partial charge is 0.123 e. The van der Waals surface area contributed by atoms with Crippen LogP contribution in [0.1, 0.15) is 49.7 Å². The van der Waals surface area contributed by atoms with Crippen molar-refractivity contribution in [3.63, 3.8) is 0 Å². The van der Waals surface area contributed by atoms with Crippen molar-refractivity contribution in [3.05, 3.63) is 23.3 Å². The number of rotatable bonds is 2. The Morgan fingerprint density at radius 2 is 2.17 bits per heavy atom. The molecule has 3 rings (SSSR count). The minimum absolute atomic E-state index is 0.0972. The molecule has 3 nitrogen and oxygen atoms in total. The van der Waals surface area contributed by atoms with Gasteiger partial charge in [-0.15, -0.1) is 0 Å². The Labute approximate surface area is 107 Å². The van der Waals surface area contributed by atoms with E-state index in [2.05, 4.69) is 6.92 Å². The zero-order valence-electron chi connectivity index (χ0n) is 10.7. The number of phenolic OH excluding ortho intramolecular Hbond substituents is 1. The molecule has 2 N–H and O–H groups in total. The molecule has 3 heteroatoms. The van der Waals surface area contributed by atoms with E-state index in [1.807, 2.05) is 12.1 Å². The lowest BCUT2D eigenvalue weighted by Gasteiger charge is -2.27. The lowest BCUT2D eigenvalue weighted by molar-refractivity contribution is 0.0551. The third-order valence-electron chi connectivity index (χ3n) is 4.17. The summed E-state index contributed by atoms with van der Waals surface area (Å²) in [4.78, 5) is 0. The highest BCUT2D eigenvalue weighted by molar-refractivity contribution is 5.50. The van der Waals surface area contributed by atoms with Crippen LogP contribution < -0.4 is 4.74 Å². The van der Waals surface area contributed by atoms with Gasteiger partial charge >= 0.3 is 0 Å². The predicted molar refractivity (Wildman–Crippen MR) is 69.1 cm³/mol. The first-order valence-corrected chi connectivity index (χ1v) is 6.89. The van der Waals surface area contributed by atoms with Gasteiger partial charge in [-0.05, 0) is 37.0 Å². The fourth-order valence-corrected chi connectivity index (χ4v) is 3.25. The molecule has 18 heavy (non-hydrogen) atoms. The number of fused-ring (bicyclic) bond motifs is 3. The van der Waals surface area contributed by atoms with E-state index in [4.69, 9.17) is 4.74 Å². The summed E-state index contributed by atoms with van der Waals surface area (Å²) in [5.41, 5.74) is 2.10. The van der Waals surface area contributed by atoms with E-state index < -0.39 is 0 Å². The summed E-state index contributed by atoms with van der Waals surface area (Å²) in [6.07, 6.45) is 4.25. The molecule has 0 spiro atoms. The van der Waals surface area contributed by atoms with Crippen molar-refractivity contribution >= 4 is 0 Å². The van der Waals surface area contributed by atoms with Crippen molar-refractivity contribution in [1.82, 2.24) is 0 Å². The Morgan fingerprint density at radius 3 is 2.94 bits per heavy atom. The zero-order valence-corrected chi connectivity index (χ0v) is 10.7. The van der Waals surface area contributed by atoms with Crippen LogP contribution in [-0.4, -0.2) is 22.4 Å². The fourth-order valence-electron chi connectivity index (χ4n) is 3.25. The van der Waals surface area contributed by atoms with Gasteiger partial charge in [0.1, 0.15) is 17.6 Å². The highest BCUT2D eigenvalue weighted by Gasteiger charge is 2.39. The van der Waals surface area contributed by atoms with Gasteiger partial charge in [-0.3, -0.25) is 0 Å². The van der Waals surface area contributed by atoms with Gasteiger partial charge in [0.05, 0.1) is 6.10 Å². The number of aryl methyl sites for hydroxylation is 1. The molecule has 1 aliphatic heterocycles. The van der Waals surface area contributed by atoms with Crippen LogP contribution in [0.15, 0.2) is 12.1 Å².